The van der Waals surface area contributed by atoms with Crippen molar-refractivity contribution in [2.45, 2.75) is 25.3 Å². The number of benzene rings is 2. The number of amides is 1. The third kappa shape index (κ3) is 3.92. The number of fused-ring (bicyclic) bond motifs is 1. The molecule has 0 spiro atoms. The Kier molecular flexibility index (Phi) is 5.20. The number of aryl methyl sites for hydroxylation is 1. The van der Waals surface area contributed by atoms with Crippen LogP contribution in [0.5, 0.6) is 11.5 Å². The van der Waals surface area contributed by atoms with E-state index in [4.69, 9.17) is 14.7 Å². The van der Waals surface area contributed by atoms with E-state index in [-0.39, 0.29) is 18.6 Å². The number of nitriles is 1. The van der Waals surface area contributed by atoms with E-state index in [1.54, 1.807) is 18.2 Å². The second-order valence-electron chi connectivity index (χ2n) is 5.98. The molecule has 0 aromatic heterocycles. The summed E-state index contributed by atoms with van der Waals surface area (Å²) in [6.07, 6.45) is 3.05. The third-order valence-corrected chi connectivity index (χ3v) is 4.36. The van der Waals surface area contributed by atoms with Gasteiger partial charge < -0.3 is 14.8 Å². The molecule has 1 N–H and O–H groups in total. The van der Waals surface area contributed by atoms with Gasteiger partial charge in [0, 0.05) is 6.07 Å². The number of ether oxygens (including phenoxy) is 2. The van der Waals surface area contributed by atoms with Crippen molar-refractivity contribution in [3.63, 3.8) is 0 Å². The smallest absolute Gasteiger partial charge is 0.258 e. The van der Waals surface area contributed by atoms with Gasteiger partial charge in [0.2, 0.25) is 0 Å². The summed E-state index contributed by atoms with van der Waals surface area (Å²) in [7, 11) is 1.50. The van der Waals surface area contributed by atoms with Gasteiger partial charge in [0.1, 0.15) is 0 Å². The summed E-state index contributed by atoms with van der Waals surface area (Å²) in [5.74, 6) is 0.712. The molecule has 25 heavy (non-hydrogen) atoms. The summed E-state index contributed by atoms with van der Waals surface area (Å²) < 4.78 is 10.8. The maximum absolute atomic E-state index is 12.3. The average Bonchev–Trinajstić information content (AvgIpc) is 2.66. The Morgan fingerprint density at radius 2 is 2.12 bits per heavy atom. The van der Waals surface area contributed by atoms with Crippen LogP contribution in [0.2, 0.25) is 0 Å². The number of carbonyl (C=O) groups is 1. The van der Waals surface area contributed by atoms with E-state index in [0.29, 0.717) is 17.1 Å². The second kappa shape index (κ2) is 7.71. The molecule has 3 rings (SSSR count). The van der Waals surface area contributed by atoms with Crippen molar-refractivity contribution in [2.24, 2.45) is 0 Å². The van der Waals surface area contributed by atoms with Gasteiger partial charge >= 0.3 is 0 Å². The van der Waals surface area contributed by atoms with Gasteiger partial charge in [0.25, 0.3) is 5.91 Å². The summed E-state index contributed by atoms with van der Waals surface area (Å²) >= 11 is 0. The molecule has 5 nitrogen and oxygen atoms in total. The molecule has 1 aliphatic carbocycles. The van der Waals surface area contributed by atoms with Gasteiger partial charge in [-0.15, -0.1) is 0 Å². The number of nitrogens with one attached hydrogen (secondary N) is 1. The van der Waals surface area contributed by atoms with Gasteiger partial charge in [0.15, 0.2) is 18.1 Å². The first-order valence-electron chi connectivity index (χ1n) is 8.29. The van der Waals surface area contributed by atoms with Crippen molar-refractivity contribution in [1.82, 2.24) is 5.32 Å². The van der Waals surface area contributed by atoms with Crippen molar-refractivity contribution in [2.75, 3.05) is 13.7 Å². The average molecular weight is 336 g/mol. The molecule has 1 aliphatic rings. The van der Waals surface area contributed by atoms with Gasteiger partial charge in [-0.2, -0.15) is 5.26 Å². The lowest BCUT2D eigenvalue weighted by molar-refractivity contribution is -0.124. The Morgan fingerprint density at radius 3 is 2.92 bits per heavy atom. The van der Waals surface area contributed by atoms with Crippen LogP contribution in [0.3, 0.4) is 0 Å². The number of hydrogen-bond donors (Lipinski definition) is 1. The first kappa shape index (κ1) is 16.8. The highest BCUT2D eigenvalue weighted by Gasteiger charge is 2.21. The van der Waals surface area contributed by atoms with Crippen LogP contribution in [-0.4, -0.2) is 19.6 Å². The van der Waals surface area contributed by atoms with Gasteiger partial charge in [-0.05, 0) is 42.5 Å². The van der Waals surface area contributed by atoms with Crippen LogP contribution in [0, 0.1) is 11.3 Å². The lowest BCUT2D eigenvalue weighted by atomic mass is 9.88. The largest absolute Gasteiger partial charge is 0.493 e. The van der Waals surface area contributed by atoms with E-state index in [1.807, 2.05) is 18.2 Å². The predicted molar refractivity (Wildman–Crippen MR) is 93.5 cm³/mol. The number of rotatable bonds is 5. The van der Waals surface area contributed by atoms with Crippen molar-refractivity contribution in [1.29, 1.82) is 5.26 Å². The van der Waals surface area contributed by atoms with Crippen LogP contribution in [0.1, 0.15) is 35.6 Å². The first-order valence-corrected chi connectivity index (χ1v) is 8.29. The minimum Gasteiger partial charge on any atom is -0.493 e. The van der Waals surface area contributed by atoms with Gasteiger partial charge in [-0.3, -0.25) is 4.79 Å². The number of nitrogens with zero attached hydrogens (tertiary/aromatic N) is 1. The third-order valence-electron chi connectivity index (χ3n) is 4.36. The lowest BCUT2D eigenvalue weighted by Gasteiger charge is -2.26. The zero-order valence-electron chi connectivity index (χ0n) is 14.1. The number of methoxy groups -OCH3 is 1. The Labute approximate surface area is 147 Å². The summed E-state index contributed by atoms with van der Waals surface area (Å²) in [6, 6.07) is 15.2. The summed E-state index contributed by atoms with van der Waals surface area (Å²) in [5, 5.41) is 12.0. The summed E-state index contributed by atoms with van der Waals surface area (Å²) in [5.41, 5.74) is 2.97. The molecule has 2 aromatic rings. The molecule has 0 saturated heterocycles. The maximum atomic E-state index is 12.3. The van der Waals surface area contributed by atoms with E-state index in [1.165, 1.54) is 18.2 Å². The quantitative estimate of drug-likeness (QED) is 0.910. The predicted octanol–water partition coefficient (Wildman–Crippen LogP) is 3.14. The molecule has 1 amide bonds. The minimum atomic E-state index is -0.173. The Balaban J connectivity index is 1.62. The van der Waals surface area contributed by atoms with E-state index in [0.717, 1.165) is 19.3 Å². The molecular weight excluding hydrogens is 316 g/mol. The van der Waals surface area contributed by atoms with E-state index >= 15 is 0 Å². The van der Waals surface area contributed by atoms with E-state index < -0.39 is 0 Å². The highest BCUT2D eigenvalue weighted by Crippen LogP contribution is 2.30. The van der Waals surface area contributed by atoms with Gasteiger partial charge in [-0.1, -0.05) is 24.3 Å². The second-order valence-corrected chi connectivity index (χ2v) is 5.98. The standard InChI is InChI=1S/C20H20N2O3/c1-24-19-11-14(12-21)9-10-18(19)25-13-20(23)22-17-8-4-6-15-5-2-3-7-16(15)17/h2-3,5,7,9-11,17H,4,6,8,13H2,1H3,(H,22,23). The molecule has 0 fully saturated rings. The minimum absolute atomic E-state index is 0.0314. The number of carbonyl (C=O) groups excluding carboxylic acids is 1. The monoisotopic (exact) mass is 336 g/mol. The zero-order chi connectivity index (χ0) is 17.6. The molecule has 0 saturated carbocycles. The van der Waals surface area contributed by atoms with Crippen molar-refractivity contribution < 1.29 is 14.3 Å². The van der Waals surface area contributed by atoms with Crippen LogP contribution in [0.4, 0.5) is 0 Å². The maximum Gasteiger partial charge on any atom is 0.258 e. The van der Waals surface area contributed by atoms with E-state index in [2.05, 4.69) is 17.4 Å². The molecule has 1 unspecified atom stereocenters. The molecule has 1 atom stereocenters. The van der Waals surface area contributed by atoms with Crippen molar-refractivity contribution >= 4 is 5.91 Å². The van der Waals surface area contributed by atoms with Crippen LogP contribution in [0.15, 0.2) is 42.5 Å². The molecule has 128 valence electrons. The Morgan fingerprint density at radius 1 is 1.28 bits per heavy atom. The highest BCUT2D eigenvalue weighted by atomic mass is 16.5. The molecule has 2 aromatic carbocycles. The van der Waals surface area contributed by atoms with E-state index in [9.17, 15) is 4.79 Å². The zero-order valence-corrected chi connectivity index (χ0v) is 14.1. The van der Waals surface area contributed by atoms with Gasteiger partial charge in [-0.25, -0.2) is 0 Å². The van der Waals surface area contributed by atoms with Crippen molar-refractivity contribution in [3.05, 3.63) is 59.2 Å². The fraction of sp³-hybridized carbons (Fsp3) is 0.300. The fourth-order valence-corrected chi connectivity index (χ4v) is 3.14. The van der Waals surface area contributed by atoms with Crippen LogP contribution in [-0.2, 0) is 11.2 Å². The van der Waals surface area contributed by atoms with Crippen LogP contribution in [0.25, 0.3) is 0 Å². The molecule has 0 bridgehead atoms. The van der Waals surface area contributed by atoms with Gasteiger partial charge in [0.05, 0.1) is 24.8 Å². The molecule has 5 heteroatoms. The lowest BCUT2D eigenvalue weighted by Crippen LogP contribution is -2.34. The van der Waals surface area contributed by atoms with Crippen LogP contribution < -0.4 is 14.8 Å². The van der Waals surface area contributed by atoms with Crippen LogP contribution >= 0.6 is 0 Å². The molecule has 0 radical (unpaired) electrons. The SMILES string of the molecule is COc1cc(C#N)ccc1OCC(=O)NC1CCCc2ccccc21. The normalized spacial score (nSPS) is 15.6. The van der Waals surface area contributed by atoms with Crippen molar-refractivity contribution in [3.8, 4) is 17.6 Å². The molecular formula is C20H20N2O3. The fourth-order valence-electron chi connectivity index (χ4n) is 3.14. The summed E-state index contributed by atoms with van der Waals surface area (Å²) in [4.78, 5) is 12.3. The molecule has 0 heterocycles. The topological polar surface area (TPSA) is 71.3 Å². The Bertz CT molecular complexity index is 811. The highest BCUT2D eigenvalue weighted by molar-refractivity contribution is 5.78. The summed E-state index contributed by atoms with van der Waals surface area (Å²) in [6.45, 7) is -0.0963. The number of hydrogen-bond acceptors (Lipinski definition) is 4. The first-order chi connectivity index (χ1) is 12.2. The Hall–Kier alpha value is -3.00. The molecule has 0 aliphatic heterocycles.